The van der Waals surface area contributed by atoms with Crippen molar-refractivity contribution < 1.29 is 0 Å². The van der Waals surface area contributed by atoms with E-state index in [0.29, 0.717) is 0 Å². The van der Waals surface area contributed by atoms with Crippen molar-refractivity contribution >= 4 is 70.6 Å². The van der Waals surface area contributed by atoms with Crippen molar-refractivity contribution in [1.29, 1.82) is 0 Å². The summed E-state index contributed by atoms with van der Waals surface area (Å²) in [7, 11) is 0. The Kier molecular flexibility index (Phi) is 3.83. The number of rotatable bonds is 1. The highest BCUT2D eigenvalue weighted by Crippen LogP contribution is 2.62. The molecule has 3 heterocycles. The van der Waals surface area contributed by atoms with Gasteiger partial charge in [-0.15, -0.1) is 23.5 Å². The molecular formula is C9H6S6. The molecule has 0 N–H and O–H groups in total. The van der Waals surface area contributed by atoms with Gasteiger partial charge >= 0.3 is 0 Å². The average molecular weight is 307 g/mol. The third kappa shape index (κ3) is 2.66. The van der Waals surface area contributed by atoms with Crippen molar-refractivity contribution in [3.05, 3.63) is 39.9 Å². The fourth-order valence-electron chi connectivity index (χ4n) is 1.10. The SMILES string of the molecule is C1=CSC(=CC=C2SC3=C(SCS3)S2)S1. The highest BCUT2D eigenvalue weighted by molar-refractivity contribution is 8.45. The molecule has 3 aliphatic heterocycles. The molecule has 0 aliphatic carbocycles. The molecular weight excluding hydrogens is 301 g/mol. The lowest BCUT2D eigenvalue weighted by Crippen LogP contribution is -1.65. The number of thioether (sulfide) groups is 6. The molecule has 0 spiro atoms. The van der Waals surface area contributed by atoms with Crippen LogP contribution in [0.2, 0.25) is 0 Å². The van der Waals surface area contributed by atoms with Crippen LogP contribution < -0.4 is 0 Å². The van der Waals surface area contributed by atoms with E-state index in [2.05, 4.69) is 23.0 Å². The largest absolute Gasteiger partial charge is 0.106 e. The van der Waals surface area contributed by atoms with E-state index in [1.807, 2.05) is 47.0 Å². The second-order valence-electron chi connectivity index (χ2n) is 2.66. The van der Waals surface area contributed by atoms with Crippen LogP contribution in [0, 0.1) is 0 Å². The molecule has 0 aromatic carbocycles. The molecule has 0 aromatic rings. The molecule has 0 atom stereocenters. The van der Waals surface area contributed by atoms with Gasteiger partial charge in [-0.05, 0) is 23.0 Å². The van der Waals surface area contributed by atoms with Gasteiger partial charge in [0.15, 0.2) is 0 Å². The lowest BCUT2D eigenvalue weighted by molar-refractivity contribution is 2.05. The second-order valence-corrected chi connectivity index (χ2v) is 10.0. The average Bonchev–Trinajstić information content (AvgIpc) is 2.91. The Bertz CT molecular complexity index is 375. The van der Waals surface area contributed by atoms with Crippen LogP contribution in [-0.4, -0.2) is 5.08 Å². The lowest BCUT2D eigenvalue weighted by Gasteiger charge is -1.97. The molecule has 0 aromatic heterocycles. The summed E-state index contributed by atoms with van der Waals surface area (Å²) in [6, 6.07) is 0. The normalized spacial score (nSPS) is 24.0. The van der Waals surface area contributed by atoms with Crippen LogP contribution in [-0.2, 0) is 0 Å². The van der Waals surface area contributed by atoms with Crippen molar-refractivity contribution in [3.63, 3.8) is 0 Å². The minimum Gasteiger partial charge on any atom is -0.106 e. The van der Waals surface area contributed by atoms with Crippen LogP contribution in [0.25, 0.3) is 0 Å². The summed E-state index contributed by atoms with van der Waals surface area (Å²) >= 11 is 11.4. The zero-order valence-corrected chi connectivity index (χ0v) is 12.4. The second kappa shape index (κ2) is 5.14. The Labute approximate surface area is 115 Å². The van der Waals surface area contributed by atoms with Crippen LogP contribution in [0.1, 0.15) is 0 Å². The maximum atomic E-state index is 2.25. The fourth-order valence-corrected chi connectivity index (χ4v) is 8.86. The molecule has 0 saturated heterocycles. The third-order valence-corrected chi connectivity index (χ3v) is 9.30. The minimum absolute atomic E-state index is 1.20. The summed E-state index contributed by atoms with van der Waals surface area (Å²) < 4.78 is 5.82. The first kappa shape index (κ1) is 11.2. The van der Waals surface area contributed by atoms with Gasteiger partial charge in [0, 0.05) is 9.32 Å². The summed E-state index contributed by atoms with van der Waals surface area (Å²) in [5.74, 6) is 0. The molecule has 0 saturated carbocycles. The van der Waals surface area contributed by atoms with Crippen molar-refractivity contribution in [2.75, 3.05) is 5.08 Å². The van der Waals surface area contributed by atoms with Gasteiger partial charge in [-0.25, -0.2) is 0 Å². The fraction of sp³-hybridized carbons (Fsp3) is 0.111. The van der Waals surface area contributed by atoms with Crippen LogP contribution in [0.5, 0.6) is 0 Å². The highest BCUT2D eigenvalue weighted by atomic mass is 32.3. The third-order valence-electron chi connectivity index (χ3n) is 1.71. The Morgan fingerprint density at radius 1 is 0.867 bits per heavy atom. The molecule has 0 unspecified atom stereocenters. The van der Waals surface area contributed by atoms with E-state index in [9.17, 15) is 0 Å². The predicted octanol–water partition coefficient (Wildman–Crippen LogP) is 5.66. The molecule has 6 heteroatoms. The summed E-state index contributed by atoms with van der Waals surface area (Å²) in [5.41, 5.74) is 0. The smallest absolute Gasteiger partial charge is 0.0668 e. The maximum Gasteiger partial charge on any atom is 0.0668 e. The van der Waals surface area contributed by atoms with Gasteiger partial charge in [0.25, 0.3) is 0 Å². The monoisotopic (exact) mass is 306 g/mol. The Morgan fingerprint density at radius 2 is 1.47 bits per heavy atom. The van der Waals surface area contributed by atoms with Gasteiger partial charge in [0.1, 0.15) is 0 Å². The van der Waals surface area contributed by atoms with Crippen LogP contribution >= 0.6 is 70.6 Å². The van der Waals surface area contributed by atoms with Gasteiger partial charge in [0.2, 0.25) is 0 Å². The van der Waals surface area contributed by atoms with Crippen LogP contribution in [0.3, 0.4) is 0 Å². The first-order valence-corrected chi connectivity index (χ1v) is 9.54. The van der Waals surface area contributed by atoms with Gasteiger partial charge in [-0.2, -0.15) is 0 Å². The van der Waals surface area contributed by atoms with Crippen molar-refractivity contribution in [2.45, 2.75) is 0 Å². The topological polar surface area (TPSA) is 0 Å². The quantitative estimate of drug-likeness (QED) is 0.608. The molecule has 3 aliphatic rings. The summed E-state index contributed by atoms with van der Waals surface area (Å²) in [6.45, 7) is 0. The molecule has 78 valence electrons. The van der Waals surface area contributed by atoms with E-state index in [-0.39, 0.29) is 0 Å². The van der Waals surface area contributed by atoms with Gasteiger partial charge < -0.3 is 0 Å². The Hall–Kier alpha value is 1.06. The standard InChI is InChI=1S/C9H6S6/c1(6-10-3-4-11-6)2-7-14-8-9(15-7)13-5-12-8/h1-4H,5H2. The van der Waals surface area contributed by atoms with Gasteiger partial charge in [0.05, 0.1) is 12.7 Å². The summed E-state index contributed by atoms with van der Waals surface area (Å²) in [6.07, 6.45) is 4.47. The molecule has 0 nitrogen and oxygen atoms in total. The zero-order chi connectivity index (χ0) is 10.1. The Morgan fingerprint density at radius 3 is 2.13 bits per heavy atom. The molecule has 3 rings (SSSR count). The van der Waals surface area contributed by atoms with E-state index in [0.717, 1.165) is 0 Å². The van der Waals surface area contributed by atoms with Crippen molar-refractivity contribution in [2.24, 2.45) is 0 Å². The van der Waals surface area contributed by atoms with E-state index >= 15 is 0 Å². The molecule has 15 heavy (non-hydrogen) atoms. The lowest BCUT2D eigenvalue weighted by atomic mass is 10.6. The van der Waals surface area contributed by atoms with E-state index in [1.54, 1.807) is 23.5 Å². The predicted molar refractivity (Wildman–Crippen MR) is 82.7 cm³/mol. The summed E-state index contributed by atoms with van der Waals surface area (Å²) in [4.78, 5) is 0. The number of hydrogen-bond acceptors (Lipinski definition) is 6. The maximum absolute atomic E-state index is 2.25. The summed E-state index contributed by atoms with van der Waals surface area (Å²) in [5, 5.41) is 5.47. The molecule has 0 amide bonds. The van der Waals surface area contributed by atoms with E-state index < -0.39 is 0 Å². The first-order chi connectivity index (χ1) is 7.42. The van der Waals surface area contributed by atoms with E-state index in [1.165, 1.54) is 22.0 Å². The molecule has 0 bridgehead atoms. The number of hydrogen-bond donors (Lipinski definition) is 0. The highest BCUT2D eigenvalue weighted by Gasteiger charge is 2.26. The van der Waals surface area contributed by atoms with Crippen molar-refractivity contribution in [1.82, 2.24) is 0 Å². The number of allylic oxidation sites excluding steroid dienone is 2. The van der Waals surface area contributed by atoms with Crippen LogP contribution in [0.4, 0.5) is 0 Å². The van der Waals surface area contributed by atoms with Gasteiger partial charge in [-0.1, -0.05) is 47.0 Å². The Balaban J connectivity index is 1.66. The molecule has 0 fully saturated rings. The van der Waals surface area contributed by atoms with Gasteiger partial charge in [-0.3, -0.25) is 0 Å². The first-order valence-electron chi connectivity index (χ1n) is 4.18. The van der Waals surface area contributed by atoms with E-state index in [4.69, 9.17) is 0 Å². The molecule has 0 radical (unpaired) electrons. The minimum atomic E-state index is 1.20. The van der Waals surface area contributed by atoms with Crippen LogP contribution in [0.15, 0.2) is 39.9 Å². The zero-order valence-electron chi connectivity index (χ0n) is 7.47. The van der Waals surface area contributed by atoms with Crippen molar-refractivity contribution in [3.8, 4) is 0 Å².